The predicted molar refractivity (Wildman–Crippen MR) is 477 cm³/mol. The molecule has 2 aliphatic carbocycles. The Morgan fingerprint density at radius 1 is 0.284 bits per heavy atom. The summed E-state index contributed by atoms with van der Waals surface area (Å²) in [6.07, 6.45) is 1.81. The van der Waals surface area contributed by atoms with Crippen LogP contribution in [0.2, 0.25) is 0 Å². The fraction of sp³-hybridized carbons (Fsp3) is 0.0755. The van der Waals surface area contributed by atoms with Crippen LogP contribution >= 0.6 is 0 Å². The zero-order valence-corrected chi connectivity index (χ0v) is 67.3. The van der Waals surface area contributed by atoms with Crippen LogP contribution in [0, 0.1) is 0 Å². The van der Waals surface area contributed by atoms with Gasteiger partial charge in [0.1, 0.15) is 12.6 Å². The number of aldehydes is 2. The molecule has 0 unspecified atom stereocenters. The van der Waals surface area contributed by atoms with Crippen molar-refractivity contribution in [3.8, 4) is 78.1 Å². The summed E-state index contributed by atoms with van der Waals surface area (Å²) in [6, 6.07) is 129. The summed E-state index contributed by atoms with van der Waals surface area (Å²) < 4.78 is 4.58. The zero-order valence-electron chi connectivity index (χ0n) is 66.3. The van der Waals surface area contributed by atoms with E-state index in [0.29, 0.717) is 11.1 Å². The SMILES string of the molecule is CC1(C)c2ccc(C=O)cc2-c2ccc(N(c3ccc(-c4ccccc4)cc3)c3ccc(-c4ccc5c(c4)c4ccccc4n5-c4ccc(C=O)cc4)cc3)cc21.CC1(C)c2ccc(CO)cc2-c2ccc(N(c3ccc(-c4ccccc4)cc3)c3ccc(-c4ccc5c(c4)c4ccccc4n5-c4ccc(CO)cc4)cc3)cc21.[B].[H-].[Na+]. The molecule has 0 bridgehead atoms. The van der Waals surface area contributed by atoms with Gasteiger partial charge in [0.2, 0.25) is 0 Å². The molecule has 10 heteroatoms. The second-order valence-electron chi connectivity index (χ2n) is 31.0. The molecular formula is C106H81BN4NaO4. The van der Waals surface area contributed by atoms with Crippen LogP contribution in [0.4, 0.5) is 34.1 Å². The Hall–Kier alpha value is -13.0. The Balaban J connectivity index is 0.000000171. The van der Waals surface area contributed by atoms with Crippen LogP contribution in [0.15, 0.2) is 364 Å². The summed E-state index contributed by atoms with van der Waals surface area (Å²) in [4.78, 5) is 27.8. The molecule has 0 aliphatic heterocycles. The van der Waals surface area contributed by atoms with Crippen molar-refractivity contribution in [1.29, 1.82) is 0 Å². The number of aliphatic hydroxyl groups is 2. The third-order valence-electron chi connectivity index (χ3n) is 23.6. The molecule has 16 aromatic carbocycles. The van der Waals surface area contributed by atoms with E-state index in [0.717, 1.165) is 119 Å². The number of aliphatic hydroxyl groups excluding tert-OH is 2. The standard InChI is InChI=1S/C53H42N2O2.C53H38N2O2.B.Na.H/c2*1-53(2)49-28-14-36(34-57)30-47(49)45-27-26-44(32-50(45)53)54(41-22-15-38(16-23-41)37-8-4-3-5-9-37)42-24-17-39(18-25-42)40-19-29-52-48(31-40)46-10-6-7-11-51(46)55(52)43-20-12-35(33-56)13-21-43;;;/h3-32,56-57H,33-34H2,1-2H3;3-34H,1-2H3;;;/q;;;+1;-1. The van der Waals surface area contributed by atoms with Crippen molar-refractivity contribution in [3.63, 3.8) is 0 Å². The minimum absolute atomic E-state index is 0. The van der Waals surface area contributed by atoms with Crippen molar-refractivity contribution in [2.24, 2.45) is 0 Å². The molecule has 0 fully saturated rings. The molecule has 2 heterocycles. The summed E-state index contributed by atoms with van der Waals surface area (Å²) >= 11 is 0. The number of fused-ring (bicyclic) bond motifs is 12. The van der Waals surface area contributed by atoms with Gasteiger partial charge in [0.05, 0.1) is 35.3 Å². The summed E-state index contributed by atoms with van der Waals surface area (Å²) in [5.41, 5.74) is 34.9. The average molecular weight is 1510 g/mol. The van der Waals surface area contributed by atoms with E-state index in [1.807, 2.05) is 60.7 Å². The molecular weight excluding hydrogens is 1430 g/mol. The predicted octanol–water partition coefficient (Wildman–Crippen LogP) is 23.1. The maximum atomic E-state index is 11.7. The van der Waals surface area contributed by atoms with Crippen LogP contribution in [0.1, 0.15) is 83.2 Å². The minimum atomic E-state index is -0.227. The Morgan fingerprint density at radius 3 is 1.03 bits per heavy atom. The number of hydrogen-bond acceptors (Lipinski definition) is 6. The van der Waals surface area contributed by atoms with Crippen LogP contribution in [0.5, 0.6) is 0 Å². The van der Waals surface area contributed by atoms with E-state index in [1.54, 1.807) is 0 Å². The van der Waals surface area contributed by atoms with Crippen LogP contribution < -0.4 is 39.4 Å². The van der Waals surface area contributed by atoms with Crippen molar-refractivity contribution in [2.45, 2.75) is 51.7 Å². The van der Waals surface area contributed by atoms with Crippen LogP contribution in [-0.4, -0.2) is 40.3 Å². The number of nitrogens with zero attached hydrogens (tertiary/aromatic N) is 4. The van der Waals surface area contributed by atoms with Crippen molar-refractivity contribution in [1.82, 2.24) is 9.13 Å². The molecule has 2 N–H and O–H groups in total. The van der Waals surface area contributed by atoms with Gasteiger partial charge >= 0.3 is 29.6 Å². The maximum Gasteiger partial charge on any atom is 1.00 e. The molecule has 3 radical (unpaired) electrons. The molecule has 2 aliphatic rings. The van der Waals surface area contributed by atoms with Gasteiger partial charge in [-0.05, 0) is 258 Å². The van der Waals surface area contributed by atoms with Crippen LogP contribution in [-0.2, 0) is 24.0 Å². The van der Waals surface area contributed by atoms with E-state index >= 15 is 0 Å². The van der Waals surface area contributed by atoms with Crippen molar-refractivity contribution in [3.05, 3.63) is 408 Å². The number of carbonyl (C=O) groups is 2. The van der Waals surface area contributed by atoms with Crippen LogP contribution in [0.3, 0.4) is 0 Å². The summed E-state index contributed by atoms with van der Waals surface area (Å²) in [7, 11) is 0. The van der Waals surface area contributed by atoms with Gasteiger partial charge in [-0.15, -0.1) is 0 Å². The summed E-state index contributed by atoms with van der Waals surface area (Å²) in [6.45, 7) is 9.20. The molecule has 2 aromatic heterocycles. The minimum Gasteiger partial charge on any atom is -1.00 e. The maximum absolute atomic E-state index is 11.7. The van der Waals surface area contributed by atoms with Crippen molar-refractivity contribution >= 4 is 98.7 Å². The Labute approximate surface area is 701 Å². The Bertz CT molecular complexity index is 6760. The third kappa shape index (κ3) is 13.4. The van der Waals surface area contributed by atoms with E-state index in [4.69, 9.17) is 0 Å². The first-order chi connectivity index (χ1) is 55.8. The summed E-state index contributed by atoms with van der Waals surface area (Å²) in [5.74, 6) is 0. The number of hydrogen-bond donors (Lipinski definition) is 2. The number of benzene rings is 16. The largest absolute Gasteiger partial charge is 1.00 e. The topological polar surface area (TPSA) is 90.9 Å². The smallest absolute Gasteiger partial charge is 1.00 e. The second-order valence-corrected chi connectivity index (χ2v) is 31.0. The van der Waals surface area contributed by atoms with Crippen LogP contribution in [0.25, 0.3) is 122 Å². The van der Waals surface area contributed by atoms with Gasteiger partial charge in [0.25, 0.3) is 0 Å². The number of rotatable bonds is 16. The van der Waals surface area contributed by atoms with E-state index in [1.165, 1.54) is 82.7 Å². The molecule has 20 rings (SSSR count). The first-order valence-corrected chi connectivity index (χ1v) is 38.9. The number of carbonyl (C=O) groups excluding carboxylic acids is 2. The number of anilines is 6. The molecule has 0 spiro atoms. The monoisotopic (exact) mass is 1510 g/mol. The Morgan fingerprint density at radius 2 is 0.612 bits per heavy atom. The molecule has 0 atom stereocenters. The van der Waals surface area contributed by atoms with E-state index in [-0.39, 0.29) is 63.4 Å². The first kappa shape index (κ1) is 75.7. The quantitative estimate of drug-likeness (QED) is 0.0740. The molecule has 8 nitrogen and oxygen atoms in total. The molecule has 0 saturated carbocycles. The number of aromatic nitrogens is 2. The van der Waals surface area contributed by atoms with Gasteiger partial charge in [-0.3, -0.25) is 9.59 Å². The first-order valence-electron chi connectivity index (χ1n) is 38.9. The molecule has 0 amide bonds. The van der Waals surface area contributed by atoms with E-state index < -0.39 is 0 Å². The number of para-hydroxylation sites is 2. The molecule has 18 aromatic rings. The normalized spacial score (nSPS) is 12.5. The van der Waals surface area contributed by atoms with Crippen molar-refractivity contribution in [2.75, 3.05) is 9.80 Å². The van der Waals surface area contributed by atoms with Gasteiger partial charge in [-0.2, -0.15) is 0 Å². The fourth-order valence-electron chi connectivity index (χ4n) is 17.7. The average Bonchev–Trinajstić information content (AvgIpc) is 1.57. The fourth-order valence-corrected chi connectivity index (χ4v) is 17.7. The second kappa shape index (κ2) is 31.1. The molecule has 553 valence electrons. The Kier molecular flexibility index (Phi) is 20.3. The molecule has 0 saturated heterocycles. The van der Waals surface area contributed by atoms with E-state index in [2.05, 4.69) is 350 Å². The summed E-state index contributed by atoms with van der Waals surface area (Å²) in [5, 5.41) is 24.3. The zero-order chi connectivity index (χ0) is 77.3. The van der Waals surface area contributed by atoms with Crippen molar-refractivity contribution < 1.29 is 50.8 Å². The van der Waals surface area contributed by atoms with Gasteiger partial charge in [-0.1, -0.05) is 234 Å². The third-order valence-corrected chi connectivity index (χ3v) is 23.6. The molecule has 116 heavy (non-hydrogen) atoms. The van der Waals surface area contributed by atoms with Gasteiger partial charge in [0, 0.05) is 97.4 Å². The van der Waals surface area contributed by atoms with Gasteiger partial charge < -0.3 is 30.6 Å². The van der Waals surface area contributed by atoms with Gasteiger partial charge in [-0.25, -0.2) is 0 Å². The van der Waals surface area contributed by atoms with E-state index in [9.17, 15) is 19.8 Å². The van der Waals surface area contributed by atoms with Gasteiger partial charge in [0.15, 0.2) is 0 Å².